The van der Waals surface area contributed by atoms with Gasteiger partial charge in [-0.05, 0) is 26.8 Å². The molecule has 7 heteroatoms. The maximum atomic E-state index is 12.1. The average Bonchev–Trinajstić information content (AvgIpc) is 2.78. The topological polar surface area (TPSA) is 93.8 Å². The number of nitrogens with two attached hydrogens (primary N) is 1. The van der Waals surface area contributed by atoms with E-state index in [1.54, 1.807) is 25.4 Å². The number of rotatable bonds is 4. The van der Waals surface area contributed by atoms with Gasteiger partial charge in [-0.15, -0.1) is 11.3 Å². The Morgan fingerprint density at radius 2 is 2.05 bits per heavy atom. The monoisotopic (exact) mass is 291 g/mol. The zero-order valence-corrected chi connectivity index (χ0v) is 12.5. The lowest BCUT2D eigenvalue weighted by Gasteiger charge is -2.18. The SMILES string of the molecule is Cc1nc(-c2ncccn2)sc1C(=O)NCC(C)(C)N. The maximum absolute atomic E-state index is 12.1. The van der Waals surface area contributed by atoms with Crippen molar-refractivity contribution in [3.8, 4) is 10.8 Å². The zero-order chi connectivity index (χ0) is 14.8. The second kappa shape index (κ2) is 5.64. The summed E-state index contributed by atoms with van der Waals surface area (Å²) in [5, 5.41) is 3.45. The van der Waals surface area contributed by atoms with Crippen molar-refractivity contribution in [1.82, 2.24) is 20.3 Å². The molecule has 106 valence electrons. The molecule has 2 rings (SSSR count). The predicted molar refractivity (Wildman–Crippen MR) is 78.5 cm³/mol. The van der Waals surface area contributed by atoms with E-state index in [-0.39, 0.29) is 5.91 Å². The minimum atomic E-state index is -0.445. The van der Waals surface area contributed by atoms with Crippen molar-refractivity contribution in [3.63, 3.8) is 0 Å². The maximum Gasteiger partial charge on any atom is 0.263 e. The van der Waals surface area contributed by atoms with Crippen molar-refractivity contribution >= 4 is 17.2 Å². The number of carbonyl (C=O) groups excluding carboxylic acids is 1. The molecule has 0 aromatic carbocycles. The van der Waals surface area contributed by atoms with Crippen LogP contribution in [0, 0.1) is 6.92 Å². The fraction of sp³-hybridized carbons (Fsp3) is 0.385. The van der Waals surface area contributed by atoms with E-state index in [0.29, 0.717) is 27.9 Å². The van der Waals surface area contributed by atoms with Gasteiger partial charge in [-0.25, -0.2) is 15.0 Å². The van der Waals surface area contributed by atoms with Crippen LogP contribution in [0.25, 0.3) is 10.8 Å². The summed E-state index contributed by atoms with van der Waals surface area (Å²) in [6.45, 7) is 5.91. The zero-order valence-electron chi connectivity index (χ0n) is 11.7. The van der Waals surface area contributed by atoms with Gasteiger partial charge in [-0.1, -0.05) is 0 Å². The molecule has 0 saturated carbocycles. The van der Waals surface area contributed by atoms with E-state index in [4.69, 9.17) is 5.73 Å². The minimum Gasteiger partial charge on any atom is -0.349 e. The summed E-state index contributed by atoms with van der Waals surface area (Å²) in [5.74, 6) is 0.361. The van der Waals surface area contributed by atoms with Gasteiger partial charge in [0.05, 0.1) is 5.69 Å². The summed E-state index contributed by atoms with van der Waals surface area (Å²) >= 11 is 1.28. The Labute approximate surface area is 121 Å². The summed E-state index contributed by atoms with van der Waals surface area (Å²) in [6.07, 6.45) is 3.30. The van der Waals surface area contributed by atoms with Crippen LogP contribution in [-0.4, -0.2) is 32.9 Å². The Hall–Kier alpha value is -1.86. The summed E-state index contributed by atoms with van der Waals surface area (Å²) in [4.78, 5) is 25.3. The molecule has 0 aliphatic rings. The van der Waals surface area contributed by atoms with Crippen molar-refractivity contribution in [2.24, 2.45) is 5.73 Å². The first-order valence-corrected chi connectivity index (χ1v) is 7.00. The Balaban J connectivity index is 2.18. The first kappa shape index (κ1) is 14.5. The lowest BCUT2D eigenvalue weighted by Crippen LogP contribution is -2.45. The van der Waals surface area contributed by atoms with E-state index in [1.807, 2.05) is 13.8 Å². The highest BCUT2D eigenvalue weighted by Crippen LogP contribution is 2.24. The summed E-state index contributed by atoms with van der Waals surface area (Å²) in [5.41, 5.74) is 6.08. The highest BCUT2D eigenvalue weighted by molar-refractivity contribution is 7.17. The fourth-order valence-electron chi connectivity index (χ4n) is 1.50. The van der Waals surface area contributed by atoms with Crippen LogP contribution in [0.2, 0.25) is 0 Å². The predicted octanol–water partition coefficient (Wildman–Crippen LogP) is 1.38. The van der Waals surface area contributed by atoms with Crippen LogP contribution in [0.15, 0.2) is 18.5 Å². The Morgan fingerprint density at radius 3 is 2.65 bits per heavy atom. The van der Waals surface area contributed by atoms with E-state index in [2.05, 4.69) is 20.3 Å². The molecule has 2 aromatic rings. The summed E-state index contributed by atoms with van der Waals surface area (Å²) in [6, 6.07) is 1.74. The highest BCUT2D eigenvalue weighted by atomic mass is 32.1. The number of aryl methyl sites for hydroxylation is 1. The number of nitrogens with zero attached hydrogens (tertiary/aromatic N) is 3. The van der Waals surface area contributed by atoms with Crippen molar-refractivity contribution in [3.05, 3.63) is 29.0 Å². The first-order valence-electron chi connectivity index (χ1n) is 6.19. The fourth-order valence-corrected chi connectivity index (χ4v) is 2.43. The molecule has 3 N–H and O–H groups in total. The van der Waals surface area contributed by atoms with Crippen molar-refractivity contribution in [1.29, 1.82) is 0 Å². The number of hydrogen-bond acceptors (Lipinski definition) is 6. The first-order chi connectivity index (χ1) is 9.37. The molecular weight excluding hydrogens is 274 g/mol. The molecule has 0 aliphatic carbocycles. The van der Waals surface area contributed by atoms with E-state index >= 15 is 0 Å². The van der Waals surface area contributed by atoms with E-state index in [9.17, 15) is 4.79 Å². The Morgan fingerprint density at radius 1 is 1.40 bits per heavy atom. The van der Waals surface area contributed by atoms with Crippen LogP contribution in [-0.2, 0) is 0 Å². The van der Waals surface area contributed by atoms with E-state index < -0.39 is 5.54 Å². The molecule has 0 atom stereocenters. The molecule has 0 bridgehead atoms. The Bertz CT molecular complexity index is 603. The van der Waals surface area contributed by atoms with Crippen LogP contribution in [0.4, 0.5) is 0 Å². The van der Waals surface area contributed by atoms with Gasteiger partial charge < -0.3 is 11.1 Å². The summed E-state index contributed by atoms with van der Waals surface area (Å²) in [7, 11) is 0. The highest BCUT2D eigenvalue weighted by Gasteiger charge is 2.19. The third-order valence-electron chi connectivity index (χ3n) is 2.46. The molecule has 1 amide bonds. The molecule has 20 heavy (non-hydrogen) atoms. The van der Waals surface area contributed by atoms with Gasteiger partial charge in [0.2, 0.25) is 0 Å². The number of carbonyl (C=O) groups is 1. The van der Waals surface area contributed by atoms with Crippen molar-refractivity contribution in [2.75, 3.05) is 6.54 Å². The number of amides is 1. The lowest BCUT2D eigenvalue weighted by molar-refractivity contribution is 0.0949. The van der Waals surface area contributed by atoms with Gasteiger partial charge >= 0.3 is 0 Å². The third-order valence-corrected chi connectivity index (χ3v) is 3.62. The van der Waals surface area contributed by atoms with Crippen LogP contribution in [0.3, 0.4) is 0 Å². The molecule has 0 radical (unpaired) electrons. The second-order valence-corrected chi connectivity index (χ2v) is 6.18. The van der Waals surface area contributed by atoms with Crippen LogP contribution >= 0.6 is 11.3 Å². The normalized spacial score (nSPS) is 11.4. The molecule has 0 fully saturated rings. The van der Waals surface area contributed by atoms with Crippen LogP contribution < -0.4 is 11.1 Å². The average molecular weight is 291 g/mol. The number of thiazole rings is 1. The lowest BCUT2D eigenvalue weighted by atomic mass is 10.1. The standard InChI is InChI=1S/C13H17N5OS/c1-8-9(11(19)17-7-13(2,3)14)20-12(18-8)10-15-5-4-6-16-10/h4-6H,7,14H2,1-3H3,(H,17,19). The van der Waals surface area contributed by atoms with Gasteiger partial charge in [0.1, 0.15) is 4.88 Å². The van der Waals surface area contributed by atoms with Gasteiger partial charge in [0.15, 0.2) is 10.8 Å². The molecule has 0 unspecified atom stereocenters. The minimum absolute atomic E-state index is 0.166. The van der Waals surface area contributed by atoms with Gasteiger partial charge in [-0.2, -0.15) is 0 Å². The third kappa shape index (κ3) is 3.58. The number of hydrogen-bond donors (Lipinski definition) is 2. The molecular formula is C13H17N5OS. The molecule has 0 aliphatic heterocycles. The van der Waals surface area contributed by atoms with E-state index in [1.165, 1.54) is 11.3 Å². The Kier molecular flexibility index (Phi) is 4.10. The van der Waals surface area contributed by atoms with Crippen molar-refractivity contribution in [2.45, 2.75) is 26.3 Å². The second-order valence-electron chi connectivity index (χ2n) is 5.18. The molecule has 0 spiro atoms. The molecule has 6 nitrogen and oxygen atoms in total. The van der Waals surface area contributed by atoms with Crippen LogP contribution in [0.5, 0.6) is 0 Å². The van der Waals surface area contributed by atoms with Gasteiger partial charge in [0.25, 0.3) is 5.91 Å². The largest absolute Gasteiger partial charge is 0.349 e. The molecule has 0 saturated heterocycles. The van der Waals surface area contributed by atoms with Gasteiger partial charge in [0, 0.05) is 24.5 Å². The number of nitrogens with one attached hydrogen (secondary N) is 1. The van der Waals surface area contributed by atoms with E-state index in [0.717, 1.165) is 0 Å². The molecule has 2 heterocycles. The van der Waals surface area contributed by atoms with Crippen molar-refractivity contribution < 1.29 is 4.79 Å². The quantitative estimate of drug-likeness (QED) is 0.887. The molecule has 2 aromatic heterocycles. The smallest absolute Gasteiger partial charge is 0.263 e. The summed E-state index contributed by atoms with van der Waals surface area (Å²) < 4.78 is 0. The van der Waals surface area contributed by atoms with Crippen LogP contribution in [0.1, 0.15) is 29.2 Å². The van der Waals surface area contributed by atoms with Gasteiger partial charge in [-0.3, -0.25) is 4.79 Å². The number of aromatic nitrogens is 3.